The van der Waals surface area contributed by atoms with E-state index in [4.69, 9.17) is 9.72 Å². The van der Waals surface area contributed by atoms with Crippen LogP contribution in [-0.4, -0.2) is 28.3 Å². The van der Waals surface area contributed by atoms with Gasteiger partial charge in [-0.1, -0.05) is 72.8 Å². The number of carbonyl (C=O) groups excluding carboxylic acids is 2. The molecule has 0 spiro atoms. The molecule has 0 atom stereocenters. The van der Waals surface area contributed by atoms with E-state index in [0.717, 1.165) is 26.7 Å². The Morgan fingerprint density at radius 1 is 0.829 bits per heavy atom. The molecule has 0 unspecified atom stereocenters. The second-order valence-corrected chi connectivity index (χ2v) is 9.37. The van der Waals surface area contributed by atoms with Crippen LogP contribution in [0.3, 0.4) is 0 Å². The van der Waals surface area contributed by atoms with E-state index in [-0.39, 0.29) is 12.4 Å². The van der Waals surface area contributed by atoms with Crippen molar-refractivity contribution in [2.24, 2.45) is 0 Å². The van der Waals surface area contributed by atoms with Crippen LogP contribution in [0.25, 0.3) is 32.6 Å². The van der Waals surface area contributed by atoms with Gasteiger partial charge in [0, 0.05) is 10.9 Å². The Bertz CT molecular complexity index is 1540. The zero-order chi connectivity index (χ0) is 24.4. The molecule has 2 aromatic heterocycles. The number of para-hydroxylation sites is 1. The predicted molar refractivity (Wildman–Crippen MR) is 139 cm³/mol. The van der Waals surface area contributed by atoms with Gasteiger partial charge in [-0.05, 0) is 37.1 Å². The fourth-order valence-electron chi connectivity index (χ4n) is 4.00. The van der Waals surface area contributed by atoms with Crippen molar-refractivity contribution in [3.8, 4) is 21.7 Å². The minimum atomic E-state index is -0.557. The fraction of sp³-hybridized carbons (Fsp3) is 0.103. The summed E-state index contributed by atoms with van der Waals surface area (Å²) in [5.74, 6) is -0.816. The van der Waals surface area contributed by atoms with Gasteiger partial charge in [0.2, 0.25) is 0 Å². The van der Waals surface area contributed by atoms with Gasteiger partial charge in [0.1, 0.15) is 0 Å². The summed E-state index contributed by atoms with van der Waals surface area (Å²) in [6, 6.07) is 26.4. The maximum Gasteiger partial charge on any atom is 0.339 e. The molecule has 0 radical (unpaired) electrons. The van der Waals surface area contributed by atoms with E-state index in [0.29, 0.717) is 27.7 Å². The lowest BCUT2D eigenvalue weighted by atomic mass is 10.0. The second-order valence-electron chi connectivity index (χ2n) is 8.16. The Balaban J connectivity index is 1.37. The van der Waals surface area contributed by atoms with Gasteiger partial charge in [0.15, 0.2) is 12.4 Å². The number of thiazole rings is 1. The summed E-state index contributed by atoms with van der Waals surface area (Å²) in [5.41, 5.74) is 5.18. The number of aromatic nitrogens is 2. The molecular weight excluding hydrogens is 456 g/mol. The predicted octanol–water partition coefficient (Wildman–Crippen LogP) is 6.68. The van der Waals surface area contributed by atoms with E-state index >= 15 is 0 Å². The molecule has 0 aliphatic rings. The van der Waals surface area contributed by atoms with Gasteiger partial charge in [-0.3, -0.25) is 4.79 Å². The summed E-state index contributed by atoms with van der Waals surface area (Å²) in [6.45, 7) is 3.53. The SMILES string of the molecule is Cc1nc(C)c(-c2cc(C(=O)OCC(=O)c3ccc(-c4ccccc4)cc3)c3ccccc3n2)s1. The molecule has 0 saturated heterocycles. The summed E-state index contributed by atoms with van der Waals surface area (Å²) in [5, 5.41) is 1.61. The molecule has 0 aliphatic carbocycles. The van der Waals surface area contributed by atoms with Crippen molar-refractivity contribution in [3.63, 3.8) is 0 Å². The number of esters is 1. The molecule has 0 N–H and O–H groups in total. The Kier molecular flexibility index (Phi) is 6.21. The van der Waals surface area contributed by atoms with Crippen LogP contribution >= 0.6 is 11.3 Å². The molecule has 0 amide bonds. The molecule has 2 heterocycles. The number of rotatable bonds is 6. The summed E-state index contributed by atoms with van der Waals surface area (Å²) in [4.78, 5) is 36.0. The van der Waals surface area contributed by atoms with Gasteiger partial charge in [0.25, 0.3) is 0 Å². The molecule has 5 nitrogen and oxygen atoms in total. The Labute approximate surface area is 207 Å². The van der Waals surface area contributed by atoms with Crippen LogP contribution in [-0.2, 0) is 4.74 Å². The number of Topliss-reactive ketones (excluding diaryl/α,β-unsaturated/α-hetero) is 1. The van der Waals surface area contributed by atoms with Crippen LogP contribution in [0.15, 0.2) is 84.9 Å². The van der Waals surface area contributed by atoms with Crippen LogP contribution in [0.2, 0.25) is 0 Å². The van der Waals surface area contributed by atoms with E-state index in [1.807, 2.05) is 80.6 Å². The quantitative estimate of drug-likeness (QED) is 0.201. The molecule has 5 aromatic rings. The largest absolute Gasteiger partial charge is 0.454 e. The number of hydrogen-bond donors (Lipinski definition) is 0. The lowest BCUT2D eigenvalue weighted by molar-refractivity contribution is 0.0476. The van der Waals surface area contributed by atoms with E-state index in [2.05, 4.69) is 4.98 Å². The number of fused-ring (bicyclic) bond motifs is 1. The molecule has 0 bridgehead atoms. The highest BCUT2D eigenvalue weighted by atomic mass is 32.1. The van der Waals surface area contributed by atoms with E-state index in [9.17, 15) is 9.59 Å². The number of carbonyl (C=O) groups is 2. The van der Waals surface area contributed by atoms with E-state index in [1.165, 1.54) is 11.3 Å². The minimum Gasteiger partial charge on any atom is -0.454 e. The summed E-state index contributed by atoms with van der Waals surface area (Å²) in [7, 11) is 0. The van der Waals surface area contributed by atoms with Gasteiger partial charge >= 0.3 is 5.97 Å². The first-order valence-electron chi connectivity index (χ1n) is 11.2. The number of nitrogens with zero attached hydrogens (tertiary/aromatic N) is 2. The molecule has 3 aromatic carbocycles. The summed E-state index contributed by atoms with van der Waals surface area (Å²) in [6.07, 6.45) is 0. The average Bonchev–Trinajstić information content (AvgIpc) is 3.24. The van der Waals surface area contributed by atoms with Gasteiger partial charge in [-0.2, -0.15) is 0 Å². The Morgan fingerprint density at radius 2 is 1.51 bits per heavy atom. The summed E-state index contributed by atoms with van der Waals surface area (Å²) < 4.78 is 5.47. The van der Waals surface area contributed by atoms with Crippen molar-refractivity contribution in [2.45, 2.75) is 13.8 Å². The normalized spacial score (nSPS) is 10.9. The second kappa shape index (κ2) is 9.60. The first kappa shape index (κ1) is 22.6. The number of pyridine rings is 1. The smallest absolute Gasteiger partial charge is 0.339 e. The number of ether oxygens (including phenoxy) is 1. The van der Waals surface area contributed by atoms with Gasteiger partial charge in [0.05, 0.1) is 32.4 Å². The highest BCUT2D eigenvalue weighted by molar-refractivity contribution is 7.15. The number of ketones is 1. The monoisotopic (exact) mass is 478 g/mol. The van der Waals surface area contributed by atoms with Gasteiger partial charge in [-0.15, -0.1) is 11.3 Å². The third-order valence-corrected chi connectivity index (χ3v) is 6.82. The maximum atomic E-state index is 13.1. The van der Waals surface area contributed by atoms with Crippen molar-refractivity contribution in [2.75, 3.05) is 6.61 Å². The summed E-state index contributed by atoms with van der Waals surface area (Å²) >= 11 is 1.53. The Hall–Kier alpha value is -4.16. The third kappa shape index (κ3) is 4.74. The van der Waals surface area contributed by atoms with Gasteiger partial charge in [-0.25, -0.2) is 14.8 Å². The molecule has 0 fully saturated rings. The van der Waals surface area contributed by atoms with Crippen molar-refractivity contribution >= 4 is 34.0 Å². The van der Waals surface area contributed by atoms with Crippen LogP contribution in [0.5, 0.6) is 0 Å². The van der Waals surface area contributed by atoms with Gasteiger partial charge < -0.3 is 4.74 Å². The average molecular weight is 479 g/mol. The highest BCUT2D eigenvalue weighted by Gasteiger charge is 2.19. The highest BCUT2D eigenvalue weighted by Crippen LogP contribution is 2.31. The van der Waals surface area contributed by atoms with Crippen LogP contribution in [0, 0.1) is 13.8 Å². The van der Waals surface area contributed by atoms with Crippen molar-refractivity contribution < 1.29 is 14.3 Å². The molecule has 172 valence electrons. The molecular formula is C29H22N2O3S. The van der Waals surface area contributed by atoms with Crippen LogP contribution in [0.4, 0.5) is 0 Å². The van der Waals surface area contributed by atoms with Crippen molar-refractivity contribution in [1.29, 1.82) is 0 Å². The van der Waals surface area contributed by atoms with Crippen molar-refractivity contribution in [1.82, 2.24) is 9.97 Å². The first-order chi connectivity index (χ1) is 17.0. The lowest BCUT2D eigenvalue weighted by Gasteiger charge is -2.10. The lowest BCUT2D eigenvalue weighted by Crippen LogP contribution is -2.15. The molecule has 5 rings (SSSR count). The van der Waals surface area contributed by atoms with E-state index in [1.54, 1.807) is 18.2 Å². The molecule has 35 heavy (non-hydrogen) atoms. The zero-order valence-corrected chi connectivity index (χ0v) is 20.1. The van der Waals surface area contributed by atoms with E-state index < -0.39 is 5.97 Å². The third-order valence-electron chi connectivity index (χ3n) is 5.72. The standard InChI is InChI=1S/C29H22N2O3S/c1-18-28(35-19(2)30-18)26-16-24(23-10-6-7-11-25(23)31-26)29(33)34-17-27(32)22-14-12-21(13-15-22)20-8-4-3-5-9-20/h3-16H,17H2,1-2H3. The fourth-order valence-corrected chi connectivity index (χ4v) is 4.88. The topological polar surface area (TPSA) is 69.2 Å². The minimum absolute atomic E-state index is 0.259. The van der Waals surface area contributed by atoms with Crippen LogP contribution in [0.1, 0.15) is 31.4 Å². The van der Waals surface area contributed by atoms with Crippen molar-refractivity contribution in [3.05, 3.63) is 107 Å². The number of benzene rings is 3. The first-order valence-corrected chi connectivity index (χ1v) is 12.0. The number of aryl methyl sites for hydroxylation is 2. The molecule has 0 saturated carbocycles. The molecule has 6 heteroatoms. The zero-order valence-electron chi connectivity index (χ0n) is 19.3. The molecule has 0 aliphatic heterocycles. The Morgan fingerprint density at radius 3 is 2.23 bits per heavy atom. The maximum absolute atomic E-state index is 13.1. The van der Waals surface area contributed by atoms with Crippen LogP contribution < -0.4 is 0 Å². The number of hydrogen-bond acceptors (Lipinski definition) is 6.